The first kappa shape index (κ1) is 23.5. The van der Waals surface area contributed by atoms with Crippen LogP contribution in [0.2, 0.25) is 0 Å². The predicted octanol–water partition coefficient (Wildman–Crippen LogP) is 3.30. The molecule has 2 aromatic carbocycles. The minimum atomic E-state index is -1.84. The molecule has 178 valence electrons. The van der Waals surface area contributed by atoms with Crippen molar-refractivity contribution in [2.24, 2.45) is 0 Å². The average molecular weight is 469 g/mol. The van der Waals surface area contributed by atoms with Crippen molar-refractivity contribution in [1.82, 2.24) is 24.5 Å². The highest BCUT2D eigenvalue weighted by atomic mass is 19.1. The van der Waals surface area contributed by atoms with Gasteiger partial charge in [-0.25, -0.2) is 18.4 Å². The number of halogens is 2. The van der Waals surface area contributed by atoms with Gasteiger partial charge in [0, 0.05) is 17.8 Å². The Morgan fingerprint density at radius 1 is 1.09 bits per heavy atom. The first-order valence-electron chi connectivity index (χ1n) is 10.6. The number of aliphatic hydroxyl groups is 1. The molecule has 0 spiro atoms. The fraction of sp³-hybridized carbons (Fsp3) is 0.292. The van der Waals surface area contributed by atoms with Crippen LogP contribution < -0.4 is 4.74 Å². The quantitative estimate of drug-likeness (QED) is 0.384. The molecule has 0 unspecified atom stereocenters. The molecule has 0 amide bonds. The molecule has 0 fully saturated rings. The SMILES string of the molecule is COc1ccc(Cn2ccc(CO[C@H](C)[C@](O)(Cn3cncn3)c3ccc(F)cc3F)n2)cc1. The zero-order valence-corrected chi connectivity index (χ0v) is 18.8. The molecule has 2 aromatic heterocycles. The molecule has 34 heavy (non-hydrogen) atoms. The fourth-order valence-corrected chi connectivity index (χ4v) is 3.67. The molecule has 1 N–H and O–H groups in total. The molecule has 4 rings (SSSR count). The topological polar surface area (TPSA) is 87.2 Å². The molecule has 2 atom stereocenters. The van der Waals surface area contributed by atoms with Crippen molar-refractivity contribution in [2.45, 2.75) is 38.3 Å². The summed E-state index contributed by atoms with van der Waals surface area (Å²) in [6.45, 7) is 2.13. The maximum atomic E-state index is 14.6. The Balaban J connectivity index is 1.47. The first-order valence-corrected chi connectivity index (χ1v) is 10.6. The van der Waals surface area contributed by atoms with Gasteiger partial charge in [0.05, 0.1) is 38.6 Å². The van der Waals surface area contributed by atoms with Crippen LogP contribution in [0.15, 0.2) is 67.4 Å². The Morgan fingerprint density at radius 3 is 2.56 bits per heavy atom. The van der Waals surface area contributed by atoms with Crippen LogP contribution in [0.4, 0.5) is 8.78 Å². The third kappa shape index (κ3) is 5.29. The van der Waals surface area contributed by atoms with Crippen LogP contribution in [0.1, 0.15) is 23.7 Å². The molecule has 10 heteroatoms. The van der Waals surface area contributed by atoms with Crippen molar-refractivity contribution in [3.63, 3.8) is 0 Å². The van der Waals surface area contributed by atoms with Crippen LogP contribution in [-0.4, -0.2) is 42.9 Å². The van der Waals surface area contributed by atoms with Crippen molar-refractivity contribution >= 4 is 0 Å². The Morgan fingerprint density at radius 2 is 1.88 bits per heavy atom. The molecule has 0 saturated carbocycles. The van der Waals surface area contributed by atoms with E-state index in [0.29, 0.717) is 12.2 Å². The van der Waals surface area contributed by atoms with Crippen LogP contribution in [0.3, 0.4) is 0 Å². The van der Waals surface area contributed by atoms with E-state index in [1.165, 1.54) is 23.4 Å². The van der Waals surface area contributed by atoms with Crippen molar-refractivity contribution < 1.29 is 23.4 Å². The number of benzene rings is 2. The van der Waals surface area contributed by atoms with E-state index in [2.05, 4.69) is 15.2 Å². The monoisotopic (exact) mass is 469 g/mol. The normalized spacial score (nSPS) is 14.0. The Kier molecular flexibility index (Phi) is 6.99. The maximum absolute atomic E-state index is 14.6. The summed E-state index contributed by atoms with van der Waals surface area (Å²) >= 11 is 0. The minimum Gasteiger partial charge on any atom is -0.497 e. The molecule has 4 aromatic rings. The third-order valence-corrected chi connectivity index (χ3v) is 5.62. The van der Waals surface area contributed by atoms with Gasteiger partial charge in [0.2, 0.25) is 0 Å². The van der Waals surface area contributed by atoms with E-state index in [-0.39, 0.29) is 18.7 Å². The van der Waals surface area contributed by atoms with E-state index in [1.54, 1.807) is 18.7 Å². The number of aromatic nitrogens is 5. The minimum absolute atomic E-state index is 0.0826. The second-order valence-corrected chi connectivity index (χ2v) is 7.95. The highest BCUT2D eigenvalue weighted by Crippen LogP contribution is 2.32. The zero-order valence-electron chi connectivity index (χ0n) is 18.8. The van der Waals surface area contributed by atoms with E-state index < -0.39 is 23.3 Å². The number of rotatable bonds is 10. The van der Waals surface area contributed by atoms with Gasteiger partial charge in [0.1, 0.15) is 35.6 Å². The summed E-state index contributed by atoms with van der Waals surface area (Å²) in [4.78, 5) is 3.86. The average Bonchev–Trinajstić information content (AvgIpc) is 3.50. The largest absolute Gasteiger partial charge is 0.497 e. The van der Waals surface area contributed by atoms with E-state index in [0.717, 1.165) is 23.4 Å². The van der Waals surface area contributed by atoms with E-state index >= 15 is 0 Å². The van der Waals surface area contributed by atoms with Gasteiger partial charge < -0.3 is 14.6 Å². The molecule has 0 bridgehead atoms. The summed E-state index contributed by atoms with van der Waals surface area (Å²) in [6.07, 6.45) is 3.65. The van der Waals surface area contributed by atoms with Gasteiger partial charge in [-0.15, -0.1) is 0 Å². The molecular weight excluding hydrogens is 444 g/mol. The lowest BCUT2D eigenvalue weighted by Crippen LogP contribution is -2.44. The Bertz CT molecular complexity index is 1210. The van der Waals surface area contributed by atoms with Gasteiger partial charge in [-0.1, -0.05) is 18.2 Å². The molecule has 2 heterocycles. The van der Waals surface area contributed by atoms with Crippen molar-refractivity contribution in [2.75, 3.05) is 7.11 Å². The molecular formula is C24H25F2N5O3. The Labute approximate surface area is 195 Å². The standard InChI is InChI=1S/C24H25F2N5O3/c1-17(24(32,14-31-16-27-15-28-31)22-8-5-19(25)11-23(22)26)34-13-20-9-10-30(29-20)12-18-3-6-21(33-2)7-4-18/h3-11,15-17,32H,12-14H2,1-2H3/t17-,24-/m1/s1. The zero-order chi connectivity index (χ0) is 24.1. The summed E-state index contributed by atoms with van der Waals surface area (Å²) in [5.41, 5.74) is -0.236. The Hall–Kier alpha value is -3.63. The summed E-state index contributed by atoms with van der Waals surface area (Å²) in [7, 11) is 1.62. The van der Waals surface area contributed by atoms with Crippen molar-refractivity contribution in [3.8, 4) is 5.75 Å². The second kappa shape index (κ2) is 10.1. The molecule has 0 aliphatic rings. The summed E-state index contributed by atoms with van der Waals surface area (Å²) in [6, 6.07) is 12.5. The third-order valence-electron chi connectivity index (χ3n) is 5.62. The predicted molar refractivity (Wildman–Crippen MR) is 119 cm³/mol. The van der Waals surface area contributed by atoms with Gasteiger partial charge in [0.15, 0.2) is 0 Å². The molecule has 0 radical (unpaired) electrons. The lowest BCUT2D eigenvalue weighted by Gasteiger charge is -2.34. The van der Waals surface area contributed by atoms with E-state index in [4.69, 9.17) is 9.47 Å². The highest BCUT2D eigenvalue weighted by molar-refractivity contribution is 5.28. The van der Waals surface area contributed by atoms with Crippen LogP contribution in [0.25, 0.3) is 0 Å². The number of ether oxygens (including phenoxy) is 2. The van der Waals surface area contributed by atoms with Gasteiger partial charge in [-0.2, -0.15) is 10.2 Å². The van der Waals surface area contributed by atoms with Gasteiger partial charge in [0.25, 0.3) is 0 Å². The van der Waals surface area contributed by atoms with Gasteiger partial charge in [-0.05, 0) is 36.8 Å². The summed E-state index contributed by atoms with van der Waals surface area (Å²) in [5.74, 6) is -0.828. The highest BCUT2D eigenvalue weighted by Gasteiger charge is 2.40. The maximum Gasteiger partial charge on any atom is 0.138 e. The molecule has 0 saturated heterocycles. The van der Waals surface area contributed by atoms with E-state index in [9.17, 15) is 13.9 Å². The molecule has 0 aliphatic carbocycles. The smallest absolute Gasteiger partial charge is 0.138 e. The number of nitrogens with zero attached hydrogens (tertiary/aromatic N) is 5. The number of hydrogen-bond donors (Lipinski definition) is 1. The lowest BCUT2D eigenvalue weighted by atomic mass is 9.88. The van der Waals surface area contributed by atoms with Crippen molar-refractivity contribution in [1.29, 1.82) is 0 Å². The van der Waals surface area contributed by atoms with Crippen LogP contribution in [0.5, 0.6) is 5.75 Å². The number of hydrogen-bond acceptors (Lipinski definition) is 6. The molecule has 0 aliphatic heterocycles. The fourth-order valence-electron chi connectivity index (χ4n) is 3.67. The summed E-state index contributed by atoms with van der Waals surface area (Å²) in [5, 5.41) is 20.0. The first-order chi connectivity index (χ1) is 16.4. The second-order valence-electron chi connectivity index (χ2n) is 7.95. The van der Waals surface area contributed by atoms with Crippen LogP contribution >= 0.6 is 0 Å². The van der Waals surface area contributed by atoms with Gasteiger partial charge in [-0.3, -0.25) is 4.68 Å². The summed E-state index contributed by atoms with van der Waals surface area (Å²) < 4.78 is 42.3. The molecule has 8 nitrogen and oxygen atoms in total. The van der Waals surface area contributed by atoms with Crippen LogP contribution in [-0.2, 0) is 30.0 Å². The van der Waals surface area contributed by atoms with E-state index in [1.807, 2.05) is 36.5 Å². The van der Waals surface area contributed by atoms with Gasteiger partial charge >= 0.3 is 0 Å². The lowest BCUT2D eigenvalue weighted by molar-refractivity contribution is -0.124. The van der Waals surface area contributed by atoms with Crippen LogP contribution in [0, 0.1) is 11.6 Å². The van der Waals surface area contributed by atoms with Crippen molar-refractivity contribution in [3.05, 3.63) is 95.8 Å². The number of methoxy groups -OCH3 is 1.